The monoisotopic (exact) mass is 369 g/mol. The molecule has 1 amide bonds. The van der Waals surface area contributed by atoms with E-state index in [9.17, 15) is 9.59 Å². The number of ketones is 1. The average Bonchev–Trinajstić information content (AvgIpc) is 2.94. The molecule has 6 nitrogen and oxygen atoms in total. The number of amides is 1. The Morgan fingerprint density at radius 2 is 2.11 bits per heavy atom. The standard InChI is InChI=1S/C21H27N3O3/c1-13(24-15(3)21(16(4)25)14(2)23-24)10-20(26)22-12-17-7-8-19-18(11-17)6-5-9-27-19/h7-8,11,13H,5-6,9-10,12H2,1-4H3,(H,22,26)/t13-/m1/s1. The van der Waals surface area contributed by atoms with Gasteiger partial charge in [0.15, 0.2) is 5.78 Å². The molecule has 1 N–H and O–H groups in total. The van der Waals surface area contributed by atoms with Crippen molar-refractivity contribution in [1.29, 1.82) is 0 Å². The molecule has 0 bridgehead atoms. The van der Waals surface area contributed by atoms with Crippen molar-refractivity contribution < 1.29 is 14.3 Å². The fourth-order valence-electron chi connectivity index (χ4n) is 3.75. The van der Waals surface area contributed by atoms with Gasteiger partial charge in [0.1, 0.15) is 5.75 Å². The van der Waals surface area contributed by atoms with Crippen molar-refractivity contribution in [3.05, 3.63) is 46.3 Å². The third-order valence-corrected chi connectivity index (χ3v) is 5.04. The summed E-state index contributed by atoms with van der Waals surface area (Å²) >= 11 is 0. The minimum absolute atomic E-state index is 0.00397. The van der Waals surface area contributed by atoms with Crippen molar-refractivity contribution in [2.24, 2.45) is 0 Å². The summed E-state index contributed by atoms with van der Waals surface area (Å²) in [6, 6.07) is 5.97. The van der Waals surface area contributed by atoms with Crippen LogP contribution in [0.15, 0.2) is 18.2 Å². The Morgan fingerprint density at radius 1 is 1.33 bits per heavy atom. The molecule has 1 aliphatic rings. The summed E-state index contributed by atoms with van der Waals surface area (Å²) in [4.78, 5) is 24.1. The van der Waals surface area contributed by atoms with Crippen LogP contribution in [0.4, 0.5) is 0 Å². The van der Waals surface area contributed by atoms with Gasteiger partial charge in [-0.2, -0.15) is 5.10 Å². The van der Waals surface area contributed by atoms with Crippen LogP contribution in [-0.2, 0) is 17.8 Å². The highest BCUT2D eigenvalue weighted by Gasteiger charge is 2.20. The highest BCUT2D eigenvalue weighted by Crippen LogP contribution is 2.25. The van der Waals surface area contributed by atoms with Gasteiger partial charge in [0.05, 0.1) is 23.9 Å². The summed E-state index contributed by atoms with van der Waals surface area (Å²) in [5.74, 6) is 0.924. The molecule has 0 unspecified atom stereocenters. The van der Waals surface area contributed by atoms with Gasteiger partial charge in [0.2, 0.25) is 5.91 Å². The molecule has 0 saturated carbocycles. The first-order valence-electron chi connectivity index (χ1n) is 9.44. The summed E-state index contributed by atoms with van der Waals surface area (Å²) < 4.78 is 7.40. The van der Waals surface area contributed by atoms with Gasteiger partial charge >= 0.3 is 0 Å². The van der Waals surface area contributed by atoms with E-state index in [0.29, 0.717) is 24.2 Å². The van der Waals surface area contributed by atoms with Crippen molar-refractivity contribution in [3.63, 3.8) is 0 Å². The van der Waals surface area contributed by atoms with Crippen LogP contribution in [0.25, 0.3) is 0 Å². The van der Waals surface area contributed by atoms with Crippen LogP contribution in [0.1, 0.15) is 65.6 Å². The third kappa shape index (κ3) is 4.21. The Labute approximate surface area is 159 Å². The van der Waals surface area contributed by atoms with Crippen molar-refractivity contribution in [2.45, 2.75) is 59.5 Å². The summed E-state index contributed by atoms with van der Waals surface area (Å²) in [7, 11) is 0. The van der Waals surface area contributed by atoms with Gasteiger partial charge < -0.3 is 10.1 Å². The second kappa shape index (κ2) is 7.94. The maximum absolute atomic E-state index is 12.4. The smallest absolute Gasteiger partial charge is 0.222 e. The molecule has 2 heterocycles. The minimum atomic E-state index is -0.117. The van der Waals surface area contributed by atoms with Crippen LogP contribution >= 0.6 is 0 Å². The Kier molecular flexibility index (Phi) is 5.63. The van der Waals surface area contributed by atoms with E-state index in [1.807, 2.05) is 32.9 Å². The molecule has 6 heteroatoms. The van der Waals surface area contributed by atoms with Gasteiger partial charge in [0, 0.05) is 18.7 Å². The van der Waals surface area contributed by atoms with E-state index in [4.69, 9.17) is 4.74 Å². The lowest BCUT2D eigenvalue weighted by atomic mass is 10.0. The normalized spacial score (nSPS) is 14.2. The van der Waals surface area contributed by atoms with Gasteiger partial charge in [-0.05, 0) is 57.7 Å². The maximum Gasteiger partial charge on any atom is 0.222 e. The highest BCUT2D eigenvalue weighted by molar-refractivity contribution is 5.96. The zero-order valence-electron chi connectivity index (χ0n) is 16.5. The maximum atomic E-state index is 12.4. The van der Waals surface area contributed by atoms with Crippen molar-refractivity contribution in [3.8, 4) is 5.75 Å². The van der Waals surface area contributed by atoms with Crippen molar-refractivity contribution >= 4 is 11.7 Å². The van der Waals surface area contributed by atoms with E-state index < -0.39 is 0 Å². The summed E-state index contributed by atoms with van der Waals surface area (Å²) in [6.07, 6.45) is 2.36. The first-order valence-corrected chi connectivity index (χ1v) is 9.44. The number of aryl methyl sites for hydroxylation is 2. The van der Waals surface area contributed by atoms with Crippen molar-refractivity contribution in [1.82, 2.24) is 15.1 Å². The van der Waals surface area contributed by atoms with E-state index in [1.165, 1.54) is 5.56 Å². The number of rotatable bonds is 6. The number of nitrogens with one attached hydrogen (secondary N) is 1. The number of benzene rings is 1. The molecule has 0 saturated heterocycles. The molecule has 27 heavy (non-hydrogen) atoms. The third-order valence-electron chi connectivity index (χ3n) is 5.04. The number of aromatic nitrogens is 2. The van der Waals surface area contributed by atoms with E-state index >= 15 is 0 Å². The molecule has 0 aliphatic carbocycles. The summed E-state index contributed by atoms with van der Waals surface area (Å²) in [5, 5.41) is 7.44. The molecule has 0 spiro atoms. The molecule has 2 aromatic rings. The van der Waals surface area contributed by atoms with Crippen LogP contribution in [0.2, 0.25) is 0 Å². The lowest BCUT2D eigenvalue weighted by molar-refractivity contribution is -0.122. The summed E-state index contributed by atoms with van der Waals surface area (Å²) in [5.41, 5.74) is 4.46. The van der Waals surface area contributed by atoms with E-state index in [1.54, 1.807) is 11.6 Å². The molecule has 1 aliphatic heterocycles. The van der Waals surface area contributed by atoms with Gasteiger partial charge in [-0.25, -0.2) is 0 Å². The zero-order valence-corrected chi connectivity index (χ0v) is 16.5. The predicted octanol–water partition coefficient (Wildman–Crippen LogP) is 3.30. The predicted molar refractivity (Wildman–Crippen MR) is 103 cm³/mol. The van der Waals surface area contributed by atoms with Gasteiger partial charge in [-0.15, -0.1) is 0 Å². The van der Waals surface area contributed by atoms with Crippen LogP contribution in [0, 0.1) is 13.8 Å². The number of hydrogen-bond acceptors (Lipinski definition) is 4. The number of hydrogen-bond donors (Lipinski definition) is 1. The van der Waals surface area contributed by atoms with E-state index in [0.717, 1.165) is 36.5 Å². The second-order valence-electron chi connectivity index (χ2n) is 7.27. The first kappa shape index (κ1) is 19.1. The van der Waals surface area contributed by atoms with E-state index in [-0.39, 0.29) is 17.7 Å². The van der Waals surface area contributed by atoms with Gasteiger partial charge in [0.25, 0.3) is 0 Å². The molecule has 144 valence electrons. The lowest BCUT2D eigenvalue weighted by Gasteiger charge is -2.18. The molecule has 1 aromatic carbocycles. The fraction of sp³-hybridized carbons (Fsp3) is 0.476. The SMILES string of the molecule is CC(=O)c1c(C)nn([C@H](C)CC(=O)NCc2ccc3c(c2)CCCO3)c1C. The fourth-order valence-corrected chi connectivity index (χ4v) is 3.75. The largest absolute Gasteiger partial charge is 0.493 e. The molecule has 0 fully saturated rings. The number of carbonyl (C=O) groups is 2. The number of carbonyl (C=O) groups excluding carboxylic acids is 2. The molecule has 1 aromatic heterocycles. The summed E-state index contributed by atoms with van der Waals surface area (Å²) in [6.45, 7) is 8.46. The first-order chi connectivity index (χ1) is 12.9. The second-order valence-corrected chi connectivity index (χ2v) is 7.27. The zero-order chi connectivity index (χ0) is 19.6. The molecule has 0 radical (unpaired) electrons. The van der Waals surface area contributed by atoms with Crippen LogP contribution < -0.4 is 10.1 Å². The number of fused-ring (bicyclic) bond motifs is 1. The van der Waals surface area contributed by atoms with Crippen LogP contribution in [0.5, 0.6) is 5.75 Å². The minimum Gasteiger partial charge on any atom is -0.493 e. The van der Waals surface area contributed by atoms with Crippen molar-refractivity contribution in [2.75, 3.05) is 6.61 Å². The topological polar surface area (TPSA) is 73.2 Å². The lowest BCUT2D eigenvalue weighted by Crippen LogP contribution is -2.26. The van der Waals surface area contributed by atoms with Crippen LogP contribution in [-0.4, -0.2) is 28.1 Å². The molecular formula is C21H27N3O3. The van der Waals surface area contributed by atoms with E-state index in [2.05, 4.69) is 16.5 Å². The molecule has 3 rings (SSSR count). The Morgan fingerprint density at radius 3 is 2.81 bits per heavy atom. The van der Waals surface area contributed by atoms with Gasteiger partial charge in [-0.3, -0.25) is 14.3 Å². The average molecular weight is 369 g/mol. The Bertz CT molecular complexity index is 870. The number of Topliss-reactive ketones (excluding diaryl/α,β-unsaturated/α-hetero) is 1. The quantitative estimate of drug-likeness (QED) is 0.793. The highest BCUT2D eigenvalue weighted by atomic mass is 16.5. The number of ether oxygens (including phenoxy) is 1. The molecule has 1 atom stereocenters. The van der Waals surface area contributed by atoms with Crippen LogP contribution in [0.3, 0.4) is 0 Å². The van der Waals surface area contributed by atoms with Gasteiger partial charge in [-0.1, -0.05) is 12.1 Å². The molecular weight excluding hydrogens is 342 g/mol. The Hall–Kier alpha value is -2.63. The number of nitrogens with zero attached hydrogens (tertiary/aromatic N) is 2. The Balaban J connectivity index is 1.59.